The number of hydrogen-bond acceptors (Lipinski definition) is 4. The average molecular weight is 372 g/mol. The van der Waals surface area contributed by atoms with Gasteiger partial charge in [0.05, 0.1) is 12.3 Å². The largest absolute Gasteiger partial charge is 0.492 e. The molecule has 2 atom stereocenters. The molecule has 0 radical (unpaired) electrons. The van der Waals surface area contributed by atoms with Crippen LogP contribution < -0.4 is 20.1 Å². The average Bonchev–Trinajstić information content (AvgIpc) is 2.97. The first-order valence-corrected chi connectivity index (χ1v) is 9.17. The third-order valence-corrected chi connectivity index (χ3v) is 4.50. The molecule has 1 heterocycles. The molecule has 1 amide bonds. The molecular formula is C21H25FN2O3. The number of benzene rings is 2. The van der Waals surface area contributed by atoms with E-state index in [0.717, 1.165) is 17.7 Å². The quantitative estimate of drug-likeness (QED) is 0.794. The van der Waals surface area contributed by atoms with Crippen LogP contribution in [0, 0.1) is 12.7 Å². The Labute approximate surface area is 158 Å². The van der Waals surface area contributed by atoms with Gasteiger partial charge < -0.3 is 20.1 Å². The Morgan fingerprint density at radius 2 is 2.15 bits per heavy atom. The molecule has 3 rings (SSSR count). The number of carbonyl (C=O) groups is 1. The predicted octanol–water partition coefficient (Wildman–Crippen LogP) is 4.30. The molecule has 2 aromatic rings. The summed E-state index contributed by atoms with van der Waals surface area (Å²) in [6.07, 6.45) is 0.965. The fraction of sp³-hybridized carbons (Fsp3) is 0.381. The smallest absolute Gasteiger partial charge is 0.246 e. The molecule has 0 saturated heterocycles. The molecule has 2 N–H and O–H groups in total. The van der Waals surface area contributed by atoms with Crippen molar-refractivity contribution in [3.63, 3.8) is 0 Å². The number of fused-ring (bicyclic) bond motifs is 1. The fourth-order valence-electron chi connectivity index (χ4n) is 3.05. The second-order valence-electron chi connectivity index (χ2n) is 6.84. The summed E-state index contributed by atoms with van der Waals surface area (Å²) in [5.41, 5.74) is 2.76. The van der Waals surface area contributed by atoms with Crippen molar-refractivity contribution in [2.24, 2.45) is 0 Å². The zero-order chi connectivity index (χ0) is 19.6. The third-order valence-electron chi connectivity index (χ3n) is 4.50. The van der Waals surface area contributed by atoms with Gasteiger partial charge in [0.1, 0.15) is 29.5 Å². The summed E-state index contributed by atoms with van der Waals surface area (Å²) in [4.78, 5) is 12.5. The molecule has 0 bridgehead atoms. The van der Waals surface area contributed by atoms with Gasteiger partial charge in [-0.15, -0.1) is 0 Å². The number of amides is 1. The zero-order valence-corrected chi connectivity index (χ0v) is 16.1. The van der Waals surface area contributed by atoms with Gasteiger partial charge in [-0.1, -0.05) is 6.07 Å². The topological polar surface area (TPSA) is 59.6 Å². The molecule has 5 nitrogen and oxygen atoms in total. The lowest BCUT2D eigenvalue weighted by molar-refractivity contribution is -0.116. The van der Waals surface area contributed by atoms with E-state index in [9.17, 15) is 9.18 Å². The maximum Gasteiger partial charge on any atom is 0.246 e. The zero-order valence-electron chi connectivity index (χ0n) is 16.1. The summed E-state index contributed by atoms with van der Waals surface area (Å²) in [7, 11) is 0. The van der Waals surface area contributed by atoms with E-state index in [-0.39, 0.29) is 17.8 Å². The Balaban J connectivity index is 1.74. The van der Waals surface area contributed by atoms with Crippen molar-refractivity contribution in [3.8, 4) is 11.5 Å². The van der Waals surface area contributed by atoms with Gasteiger partial charge in [0.25, 0.3) is 0 Å². The molecule has 144 valence electrons. The Morgan fingerprint density at radius 3 is 2.85 bits per heavy atom. The lowest BCUT2D eigenvalue weighted by atomic mass is 10.1. The monoisotopic (exact) mass is 372 g/mol. The van der Waals surface area contributed by atoms with Gasteiger partial charge in [0.15, 0.2) is 0 Å². The Hall–Kier alpha value is -2.76. The maximum absolute atomic E-state index is 13.7. The molecule has 27 heavy (non-hydrogen) atoms. The van der Waals surface area contributed by atoms with Crippen molar-refractivity contribution in [1.82, 2.24) is 0 Å². The van der Waals surface area contributed by atoms with Crippen molar-refractivity contribution in [2.45, 2.75) is 46.3 Å². The normalized spacial score (nSPS) is 16.3. The van der Waals surface area contributed by atoms with E-state index in [2.05, 4.69) is 10.6 Å². The lowest BCUT2D eigenvalue weighted by Gasteiger charge is -2.19. The highest BCUT2D eigenvalue weighted by atomic mass is 19.1. The van der Waals surface area contributed by atoms with E-state index in [0.29, 0.717) is 29.3 Å². The van der Waals surface area contributed by atoms with Gasteiger partial charge in [0.2, 0.25) is 5.91 Å². The highest BCUT2D eigenvalue weighted by molar-refractivity contribution is 5.96. The Bertz CT molecular complexity index is 854. The highest BCUT2D eigenvalue weighted by Crippen LogP contribution is 2.38. The van der Waals surface area contributed by atoms with Gasteiger partial charge in [-0.05, 0) is 51.5 Å². The van der Waals surface area contributed by atoms with Crippen molar-refractivity contribution in [1.29, 1.82) is 0 Å². The van der Waals surface area contributed by atoms with E-state index in [1.165, 1.54) is 6.07 Å². The van der Waals surface area contributed by atoms with E-state index < -0.39 is 6.04 Å². The van der Waals surface area contributed by atoms with Crippen LogP contribution in [0.4, 0.5) is 15.8 Å². The number of anilines is 2. The minimum absolute atomic E-state index is 0.127. The first-order valence-electron chi connectivity index (χ1n) is 9.17. The standard InChI is InChI=1S/C21H25FN2O3/c1-5-26-20-9-15-8-13(3)27-19(15)11-18(20)23-14(4)21(25)24-16-7-6-12(2)17(22)10-16/h6-7,9-11,13-14,23H,5,8H2,1-4H3,(H,24,25)/t13-,14-/m0/s1. The number of nitrogens with one attached hydrogen (secondary N) is 2. The maximum atomic E-state index is 13.7. The Morgan fingerprint density at radius 1 is 1.37 bits per heavy atom. The summed E-state index contributed by atoms with van der Waals surface area (Å²) >= 11 is 0. The number of ether oxygens (including phenoxy) is 2. The molecule has 0 aromatic heterocycles. The minimum atomic E-state index is -0.551. The first kappa shape index (κ1) is 19.0. The van der Waals surface area contributed by atoms with Crippen LogP contribution >= 0.6 is 0 Å². The number of aryl methyl sites for hydroxylation is 1. The SMILES string of the molecule is CCOc1cc2c(cc1N[C@@H](C)C(=O)Nc1ccc(C)c(F)c1)O[C@@H](C)C2. The van der Waals surface area contributed by atoms with Gasteiger partial charge in [0, 0.05) is 23.7 Å². The van der Waals surface area contributed by atoms with E-state index in [4.69, 9.17) is 9.47 Å². The number of rotatable bonds is 6. The molecule has 6 heteroatoms. The van der Waals surface area contributed by atoms with Crippen LogP contribution in [0.3, 0.4) is 0 Å². The summed E-state index contributed by atoms with van der Waals surface area (Å²) < 4.78 is 25.2. The minimum Gasteiger partial charge on any atom is -0.492 e. The molecular weight excluding hydrogens is 347 g/mol. The number of halogens is 1. The molecule has 0 unspecified atom stereocenters. The summed E-state index contributed by atoms with van der Waals surface area (Å²) in [5.74, 6) is 0.879. The highest BCUT2D eigenvalue weighted by Gasteiger charge is 2.23. The predicted molar refractivity (Wildman–Crippen MR) is 104 cm³/mol. The second-order valence-corrected chi connectivity index (χ2v) is 6.84. The number of carbonyl (C=O) groups excluding carboxylic acids is 1. The molecule has 0 fully saturated rings. The summed E-state index contributed by atoms with van der Waals surface area (Å²) in [6, 6.07) is 7.92. The van der Waals surface area contributed by atoms with Crippen molar-refractivity contribution in [2.75, 3.05) is 17.2 Å². The molecule has 2 aromatic carbocycles. The number of hydrogen-bond donors (Lipinski definition) is 2. The van der Waals surface area contributed by atoms with Gasteiger partial charge in [-0.2, -0.15) is 0 Å². The van der Waals surface area contributed by atoms with Crippen LogP contribution in [-0.4, -0.2) is 24.7 Å². The van der Waals surface area contributed by atoms with Gasteiger partial charge in [-0.3, -0.25) is 4.79 Å². The molecule has 0 saturated carbocycles. The van der Waals surface area contributed by atoms with Gasteiger partial charge >= 0.3 is 0 Å². The van der Waals surface area contributed by atoms with Crippen LogP contribution in [0.15, 0.2) is 30.3 Å². The van der Waals surface area contributed by atoms with Crippen molar-refractivity contribution in [3.05, 3.63) is 47.3 Å². The van der Waals surface area contributed by atoms with E-state index in [1.807, 2.05) is 26.0 Å². The second kappa shape index (κ2) is 7.86. The Kier molecular flexibility index (Phi) is 5.54. The molecule has 1 aliphatic rings. The third kappa shape index (κ3) is 4.32. The van der Waals surface area contributed by atoms with Gasteiger partial charge in [-0.25, -0.2) is 4.39 Å². The molecule has 0 aliphatic carbocycles. The summed E-state index contributed by atoms with van der Waals surface area (Å²) in [6.45, 7) is 7.87. The van der Waals surface area contributed by atoms with Crippen molar-refractivity contribution < 1.29 is 18.7 Å². The first-order chi connectivity index (χ1) is 12.9. The molecule has 1 aliphatic heterocycles. The fourth-order valence-corrected chi connectivity index (χ4v) is 3.05. The van der Waals surface area contributed by atoms with Crippen LogP contribution in [0.2, 0.25) is 0 Å². The summed E-state index contributed by atoms with van der Waals surface area (Å²) in [5, 5.41) is 5.90. The van der Waals surface area contributed by atoms with Crippen LogP contribution in [0.25, 0.3) is 0 Å². The van der Waals surface area contributed by atoms with E-state index >= 15 is 0 Å². The van der Waals surface area contributed by atoms with Crippen LogP contribution in [0.5, 0.6) is 11.5 Å². The van der Waals surface area contributed by atoms with Crippen LogP contribution in [0.1, 0.15) is 31.9 Å². The molecule has 0 spiro atoms. The van der Waals surface area contributed by atoms with Crippen molar-refractivity contribution >= 4 is 17.3 Å². The van der Waals surface area contributed by atoms with E-state index in [1.54, 1.807) is 26.0 Å². The van der Waals surface area contributed by atoms with Crippen LogP contribution in [-0.2, 0) is 11.2 Å². The lowest BCUT2D eigenvalue weighted by Crippen LogP contribution is -2.32.